The predicted molar refractivity (Wildman–Crippen MR) is 97.2 cm³/mol. The Morgan fingerprint density at radius 1 is 1.21 bits per heavy atom. The Bertz CT molecular complexity index is 903. The van der Waals surface area contributed by atoms with Gasteiger partial charge < -0.3 is 4.74 Å². The van der Waals surface area contributed by atoms with E-state index in [1.807, 2.05) is 48.5 Å². The molecule has 0 fully saturated rings. The van der Waals surface area contributed by atoms with Gasteiger partial charge in [-0.1, -0.05) is 28.1 Å². The number of alkyl halides is 1. The zero-order chi connectivity index (χ0) is 17.1. The molecule has 0 saturated heterocycles. The molecule has 0 atom stereocenters. The van der Waals surface area contributed by atoms with Crippen LogP contribution in [0.1, 0.15) is 11.4 Å². The Morgan fingerprint density at radius 3 is 2.62 bits per heavy atom. The first-order chi connectivity index (χ1) is 11.6. The highest BCUT2D eigenvalue weighted by atomic mass is 79.9. The molecule has 0 aliphatic heterocycles. The van der Waals surface area contributed by atoms with E-state index in [0.717, 1.165) is 15.8 Å². The van der Waals surface area contributed by atoms with Crippen molar-refractivity contribution >= 4 is 27.5 Å². The van der Waals surface area contributed by atoms with E-state index in [2.05, 4.69) is 21.0 Å². The number of benzene rings is 2. The third-order valence-electron chi connectivity index (χ3n) is 3.60. The van der Waals surface area contributed by atoms with E-state index in [9.17, 15) is 4.79 Å². The second kappa shape index (κ2) is 7.23. The highest BCUT2D eigenvalue weighted by Crippen LogP contribution is 2.15. The van der Waals surface area contributed by atoms with Crippen molar-refractivity contribution in [1.82, 2.24) is 14.3 Å². The van der Waals surface area contributed by atoms with Gasteiger partial charge in [-0.05, 0) is 42.0 Å². The maximum absolute atomic E-state index is 12.8. The Hall–Kier alpha value is -2.05. The molecular weight excluding hydrogens is 394 g/mol. The zero-order valence-electron chi connectivity index (χ0n) is 12.9. The lowest BCUT2D eigenvalue weighted by molar-refractivity contribution is 0.414. The van der Waals surface area contributed by atoms with Gasteiger partial charge in [0.1, 0.15) is 11.6 Å². The van der Waals surface area contributed by atoms with Crippen LogP contribution in [0.4, 0.5) is 0 Å². The van der Waals surface area contributed by atoms with Gasteiger partial charge in [-0.25, -0.2) is 4.79 Å². The molecule has 1 heterocycles. The third kappa shape index (κ3) is 3.39. The highest BCUT2D eigenvalue weighted by Gasteiger charge is 2.14. The number of rotatable bonds is 5. The standard InChI is InChI=1S/C17H15BrClN3O2/c1-24-15-4-2-3-12(9-15)11-21-16(10-19)20-22(17(21)23)14-7-5-13(18)6-8-14/h2-9H,10-11H2,1H3. The van der Waals surface area contributed by atoms with Gasteiger partial charge in [0.25, 0.3) is 0 Å². The van der Waals surface area contributed by atoms with Crippen molar-refractivity contribution in [3.05, 3.63) is 74.9 Å². The van der Waals surface area contributed by atoms with Crippen molar-refractivity contribution in [3.8, 4) is 11.4 Å². The fourth-order valence-corrected chi connectivity index (χ4v) is 2.86. The molecule has 1 aromatic heterocycles. The average molecular weight is 409 g/mol. The monoisotopic (exact) mass is 407 g/mol. The summed E-state index contributed by atoms with van der Waals surface area (Å²) in [5.74, 6) is 1.42. The minimum absolute atomic E-state index is 0.155. The fourth-order valence-electron chi connectivity index (χ4n) is 2.40. The largest absolute Gasteiger partial charge is 0.497 e. The summed E-state index contributed by atoms with van der Waals surface area (Å²) in [5.41, 5.74) is 1.41. The summed E-state index contributed by atoms with van der Waals surface area (Å²) in [6, 6.07) is 15.0. The molecule has 0 saturated carbocycles. The molecule has 24 heavy (non-hydrogen) atoms. The van der Waals surface area contributed by atoms with Crippen molar-refractivity contribution < 1.29 is 4.74 Å². The summed E-state index contributed by atoms with van der Waals surface area (Å²) in [4.78, 5) is 12.8. The summed E-state index contributed by atoms with van der Waals surface area (Å²) in [7, 11) is 1.61. The Kier molecular flexibility index (Phi) is 5.06. The van der Waals surface area contributed by atoms with E-state index in [1.54, 1.807) is 11.7 Å². The highest BCUT2D eigenvalue weighted by molar-refractivity contribution is 9.10. The molecule has 2 aromatic carbocycles. The summed E-state index contributed by atoms with van der Waals surface area (Å²) in [5, 5.41) is 4.36. The van der Waals surface area contributed by atoms with Crippen LogP contribution in [0.5, 0.6) is 5.75 Å². The smallest absolute Gasteiger partial charge is 0.351 e. The number of halogens is 2. The van der Waals surface area contributed by atoms with E-state index in [-0.39, 0.29) is 11.6 Å². The minimum Gasteiger partial charge on any atom is -0.497 e. The van der Waals surface area contributed by atoms with Gasteiger partial charge in [0.15, 0.2) is 0 Å². The molecule has 0 radical (unpaired) electrons. The van der Waals surface area contributed by atoms with Crippen molar-refractivity contribution in [2.75, 3.05) is 7.11 Å². The molecule has 124 valence electrons. The lowest BCUT2D eigenvalue weighted by Gasteiger charge is -2.06. The van der Waals surface area contributed by atoms with Crippen LogP contribution in [-0.4, -0.2) is 21.5 Å². The molecule has 7 heteroatoms. The second-order valence-corrected chi connectivity index (χ2v) is 6.34. The number of nitrogens with zero attached hydrogens (tertiary/aromatic N) is 3. The molecule has 0 aliphatic rings. The van der Waals surface area contributed by atoms with Crippen LogP contribution < -0.4 is 10.4 Å². The van der Waals surface area contributed by atoms with E-state index < -0.39 is 0 Å². The molecule has 0 amide bonds. The molecule has 0 N–H and O–H groups in total. The molecule has 0 aliphatic carbocycles. The van der Waals surface area contributed by atoms with Crippen LogP contribution in [0, 0.1) is 0 Å². The van der Waals surface area contributed by atoms with Crippen molar-refractivity contribution in [2.24, 2.45) is 0 Å². The van der Waals surface area contributed by atoms with Crippen molar-refractivity contribution in [1.29, 1.82) is 0 Å². The normalized spacial score (nSPS) is 10.8. The Labute approximate surface area is 152 Å². The van der Waals surface area contributed by atoms with Gasteiger partial charge in [0.05, 0.1) is 25.2 Å². The van der Waals surface area contributed by atoms with Gasteiger partial charge in [-0.15, -0.1) is 16.7 Å². The summed E-state index contributed by atoms with van der Waals surface area (Å²) in [6.07, 6.45) is 0. The molecule has 0 spiro atoms. The number of hydrogen-bond donors (Lipinski definition) is 0. The van der Waals surface area contributed by atoms with E-state index in [1.165, 1.54) is 4.68 Å². The fraction of sp³-hybridized carbons (Fsp3) is 0.176. The molecule has 0 unspecified atom stereocenters. The van der Waals surface area contributed by atoms with Crippen LogP contribution in [-0.2, 0) is 12.4 Å². The average Bonchev–Trinajstić information content (AvgIpc) is 2.92. The first-order valence-corrected chi connectivity index (χ1v) is 8.58. The summed E-state index contributed by atoms with van der Waals surface area (Å²) >= 11 is 9.37. The zero-order valence-corrected chi connectivity index (χ0v) is 15.3. The minimum atomic E-state index is -0.226. The van der Waals surface area contributed by atoms with Gasteiger partial charge in [-0.3, -0.25) is 4.57 Å². The first-order valence-electron chi connectivity index (χ1n) is 7.26. The molecule has 3 rings (SSSR count). The molecular formula is C17H15BrClN3O2. The lowest BCUT2D eigenvalue weighted by atomic mass is 10.2. The van der Waals surface area contributed by atoms with Gasteiger partial charge in [0.2, 0.25) is 0 Å². The first kappa shape index (κ1) is 16.8. The van der Waals surface area contributed by atoms with E-state index >= 15 is 0 Å². The van der Waals surface area contributed by atoms with Crippen molar-refractivity contribution in [3.63, 3.8) is 0 Å². The number of ether oxygens (including phenoxy) is 1. The van der Waals surface area contributed by atoms with Gasteiger partial charge in [-0.2, -0.15) is 4.68 Å². The maximum Gasteiger partial charge on any atom is 0.351 e. The predicted octanol–water partition coefficient (Wildman–Crippen LogP) is 3.59. The maximum atomic E-state index is 12.8. The van der Waals surface area contributed by atoms with Gasteiger partial charge >= 0.3 is 5.69 Å². The van der Waals surface area contributed by atoms with E-state index in [0.29, 0.717) is 18.1 Å². The second-order valence-electron chi connectivity index (χ2n) is 5.16. The summed E-state index contributed by atoms with van der Waals surface area (Å²) < 4.78 is 9.10. The molecule has 0 bridgehead atoms. The SMILES string of the molecule is COc1cccc(Cn2c(CCl)nn(-c3ccc(Br)cc3)c2=O)c1. The summed E-state index contributed by atoms with van der Waals surface area (Å²) in [6.45, 7) is 0.384. The third-order valence-corrected chi connectivity index (χ3v) is 4.37. The van der Waals surface area contributed by atoms with Crippen LogP contribution in [0.3, 0.4) is 0 Å². The quantitative estimate of drug-likeness (QED) is 0.606. The van der Waals surface area contributed by atoms with Crippen LogP contribution in [0.2, 0.25) is 0 Å². The van der Waals surface area contributed by atoms with Crippen LogP contribution in [0.15, 0.2) is 57.8 Å². The lowest BCUT2D eigenvalue weighted by Crippen LogP contribution is -2.24. The molecule has 3 aromatic rings. The number of methoxy groups -OCH3 is 1. The van der Waals surface area contributed by atoms with Crippen LogP contribution >= 0.6 is 27.5 Å². The van der Waals surface area contributed by atoms with Gasteiger partial charge in [0, 0.05) is 4.47 Å². The molecule has 5 nitrogen and oxygen atoms in total. The Balaban J connectivity index is 2.01. The number of aromatic nitrogens is 3. The number of hydrogen-bond acceptors (Lipinski definition) is 3. The Morgan fingerprint density at radius 2 is 1.96 bits per heavy atom. The topological polar surface area (TPSA) is 49.0 Å². The van der Waals surface area contributed by atoms with Crippen LogP contribution in [0.25, 0.3) is 5.69 Å². The van der Waals surface area contributed by atoms with E-state index in [4.69, 9.17) is 16.3 Å². The van der Waals surface area contributed by atoms with Crippen molar-refractivity contribution in [2.45, 2.75) is 12.4 Å².